The lowest BCUT2D eigenvalue weighted by atomic mass is 10.1. The standard InChI is InChI=1S/C21H17N5O2/c27-20(16-11-13-4-1-2-7-17(13)23-21(16)28)22-15-6-3-5-14(10-15)19-24-18(25-26-19)12-8-9-12/h1-7,10-12H,8-9H2,(H,22,27)(H,23,28)(H,24,25,26). The lowest BCUT2D eigenvalue weighted by Crippen LogP contribution is -2.23. The van der Waals surface area contributed by atoms with Gasteiger partial charge < -0.3 is 10.3 Å². The molecule has 1 aliphatic rings. The molecule has 0 bridgehead atoms. The minimum atomic E-state index is -0.460. The Morgan fingerprint density at radius 3 is 2.79 bits per heavy atom. The quantitative estimate of drug-likeness (QED) is 0.511. The van der Waals surface area contributed by atoms with Crippen molar-refractivity contribution < 1.29 is 4.79 Å². The van der Waals surface area contributed by atoms with Crippen molar-refractivity contribution in [3.8, 4) is 11.4 Å². The van der Waals surface area contributed by atoms with Gasteiger partial charge in [-0.3, -0.25) is 14.7 Å². The van der Waals surface area contributed by atoms with E-state index in [0.29, 0.717) is 22.9 Å². The minimum Gasteiger partial charge on any atom is -0.322 e. The van der Waals surface area contributed by atoms with Crippen LogP contribution in [0.1, 0.15) is 34.9 Å². The summed E-state index contributed by atoms with van der Waals surface area (Å²) in [4.78, 5) is 32.2. The molecule has 0 aliphatic heterocycles. The minimum absolute atomic E-state index is 0.0676. The van der Waals surface area contributed by atoms with E-state index in [1.54, 1.807) is 24.3 Å². The molecule has 7 heteroatoms. The van der Waals surface area contributed by atoms with Gasteiger partial charge in [-0.1, -0.05) is 30.3 Å². The third-order valence-electron chi connectivity index (χ3n) is 4.84. The normalized spacial score (nSPS) is 13.6. The molecule has 1 amide bonds. The first kappa shape index (κ1) is 16.4. The molecule has 7 nitrogen and oxygen atoms in total. The summed E-state index contributed by atoms with van der Waals surface area (Å²) in [6.07, 6.45) is 2.29. The predicted molar refractivity (Wildman–Crippen MR) is 106 cm³/mol. The fourth-order valence-corrected chi connectivity index (χ4v) is 3.19. The summed E-state index contributed by atoms with van der Waals surface area (Å²) in [6, 6.07) is 16.2. The van der Waals surface area contributed by atoms with E-state index in [4.69, 9.17) is 0 Å². The Kier molecular flexibility index (Phi) is 3.79. The number of nitrogens with one attached hydrogen (secondary N) is 3. The zero-order chi connectivity index (χ0) is 19.1. The third-order valence-corrected chi connectivity index (χ3v) is 4.84. The number of hydrogen-bond donors (Lipinski definition) is 3. The number of aromatic nitrogens is 4. The second kappa shape index (κ2) is 6.45. The lowest BCUT2D eigenvalue weighted by Gasteiger charge is -2.07. The van der Waals surface area contributed by atoms with E-state index >= 15 is 0 Å². The van der Waals surface area contributed by atoms with E-state index in [0.717, 1.165) is 29.6 Å². The van der Waals surface area contributed by atoms with Crippen molar-refractivity contribution in [2.45, 2.75) is 18.8 Å². The zero-order valence-electron chi connectivity index (χ0n) is 14.9. The van der Waals surface area contributed by atoms with E-state index in [1.165, 1.54) is 0 Å². The van der Waals surface area contributed by atoms with Crippen molar-refractivity contribution in [1.82, 2.24) is 20.2 Å². The van der Waals surface area contributed by atoms with Gasteiger partial charge in [-0.25, -0.2) is 4.98 Å². The number of amides is 1. The maximum atomic E-state index is 12.7. The van der Waals surface area contributed by atoms with Gasteiger partial charge in [-0.15, -0.1) is 0 Å². The highest BCUT2D eigenvalue weighted by Crippen LogP contribution is 2.38. The Balaban J connectivity index is 1.42. The van der Waals surface area contributed by atoms with Gasteiger partial charge in [0.25, 0.3) is 11.5 Å². The van der Waals surface area contributed by atoms with Crippen LogP contribution in [0.15, 0.2) is 59.4 Å². The molecular formula is C21H17N5O2. The molecule has 4 aromatic rings. The average molecular weight is 371 g/mol. The molecule has 2 heterocycles. The molecule has 2 aromatic heterocycles. The van der Waals surface area contributed by atoms with Crippen LogP contribution in [0.25, 0.3) is 22.3 Å². The Morgan fingerprint density at radius 2 is 1.93 bits per heavy atom. The van der Waals surface area contributed by atoms with Gasteiger partial charge in [0, 0.05) is 22.7 Å². The van der Waals surface area contributed by atoms with Gasteiger partial charge in [0.2, 0.25) is 0 Å². The molecule has 0 atom stereocenters. The number of benzene rings is 2. The first-order valence-corrected chi connectivity index (χ1v) is 9.13. The number of carbonyl (C=O) groups is 1. The maximum Gasteiger partial charge on any atom is 0.261 e. The van der Waals surface area contributed by atoms with Crippen LogP contribution in [-0.4, -0.2) is 26.1 Å². The lowest BCUT2D eigenvalue weighted by molar-refractivity contribution is 0.102. The Morgan fingerprint density at radius 1 is 1.07 bits per heavy atom. The number of hydrogen-bond acceptors (Lipinski definition) is 4. The van der Waals surface area contributed by atoms with E-state index in [1.807, 2.05) is 30.3 Å². The molecule has 0 unspecified atom stereocenters. The third kappa shape index (κ3) is 3.07. The molecule has 28 heavy (non-hydrogen) atoms. The van der Waals surface area contributed by atoms with E-state index in [-0.39, 0.29) is 5.56 Å². The number of aromatic amines is 2. The zero-order valence-corrected chi connectivity index (χ0v) is 14.9. The second-order valence-electron chi connectivity index (χ2n) is 6.95. The highest BCUT2D eigenvalue weighted by molar-refractivity contribution is 6.05. The van der Waals surface area contributed by atoms with Crippen molar-refractivity contribution >= 4 is 22.5 Å². The van der Waals surface area contributed by atoms with Gasteiger partial charge >= 0.3 is 0 Å². The summed E-state index contributed by atoms with van der Waals surface area (Å²) in [5.41, 5.74) is 1.72. The molecule has 0 radical (unpaired) electrons. The maximum absolute atomic E-state index is 12.7. The molecule has 1 aliphatic carbocycles. The second-order valence-corrected chi connectivity index (χ2v) is 6.95. The number of rotatable bonds is 4. The van der Waals surface area contributed by atoms with Crippen molar-refractivity contribution in [2.75, 3.05) is 5.32 Å². The Labute approximate surface area is 159 Å². The number of para-hydroxylation sites is 1. The van der Waals surface area contributed by atoms with E-state index < -0.39 is 11.5 Å². The Hall–Kier alpha value is -3.74. The largest absolute Gasteiger partial charge is 0.322 e. The van der Waals surface area contributed by atoms with Gasteiger partial charge in [0.05, 0.1) is 0 Å². The van der Waals surface area contributed by atoms with Crippen LogP contribution in [0.5, 0.6) is 0 Å². The van der Waals surface area contributed by atoms with Crippen LogP contribution in [0, 0.1) is 0 Å². The number of nitrogens with zero attached hydrogens (tertiary/aromatic N) is 2. The first-order chi connectivity index (χ1) is 13.7. The molecule has 0 saturated heterocycles. The molecular weight excluding hydrogens is 354 g/mol. The number of H-pyrrole nitrogens is 2. The first-order valence-electron chi connectivity index (χ1n) is 9.13. The molecule has 5 rings (SSSR count). The molecule has 2 aromatic carbocycles. The number of pyridine rings is 1. The highest BCUT2D eigenvalue weighted by atomic mass is 16.2. The van der Waals surface area contributed by atoms with E-state index in [9.17, 15) is 9.59 Å². The van der Waals surface area contributed by atoms with Crippen molar-refractivity contribution in [2.24, 2.45) is 0 Å². The van der Waals surface area contributed by atoms with Crippen LogP contribution >= 0.6 is 0 Å². The number of anilines is 1. The average Bonchev–Trinajstić information content (AvgIpc) is 3.44. The molecule has 1 saturated carbocycles. The van der Waals surface area contributed by atoms with E-state index in [2.05, 4.69) is 25.5 Å². The Bertz CT molecular complexity index is 1250. The topological polar surface area (TPSA) is 104 Å². The van der Waals surface area contributed by atoms with Crippen LogP contribution in [0.4, 0.5) is 5.69 Å². The fourth-order valence-electron chi connectivity index (χ4n) is 3.19. The van der Waals surface area contributed by atoms with Crippen molar-refractivity contribution in [1.29, 1.82) is 0 Å². The van der Waals surface area contributed by atoms with Gasteiger partial charge in [0.15, 0.2) is 5.82 Å². The SMILES string of the molecule is O=C(Nc1cccc(-c2n[nH]c(C3CC3)n2)c1)c1cc2ccccc2[nH]c1=O. The molecule has 138 valence electrons. The summed E-state index contributed by atoms with van der Waals surface area (Å²) >= 11 is 0. The van der Waals surface area contributed by atoms with Crippen LogP contribution in [-0.2, 0) is 0 Å². The van der Waals surface area contributed by atoms with Crippen molar-refractivity contribution in [3.05, 3.63) is 76.3 Å². The van der Waals surface area contributed by atoms with Crippen molar-refractivity contribution in [3.63, 3.8) is 0 Å². The van der Waals surface area contributed by atoms with Crippen LogP contribution in [0.3, 0.4) is 0 Å². The smallest absolute Gasteiger partial charge is 0.261 e. The number of carbonyl (C=O) groups excluding carboxylic acids is 1. The summed E-state index contributed by atoms with van der Waals surface area (Å²) in [7, 11) is 0. The van der Waals surface area contributed by atoms with Gasteiger partial charge in [0.1, 0.15) is 11.4 Å². The van der Waals surface area contributed by atoms with Gasteiger partial charge in [-0.2, -0.15) is 5.10 Å². The van der Waals surface area contributed by atoms with Crippen LogP contribution < -0.4 is 10.9 Å². The summed E-state index contributed by atoms with van der Waals surface area (Å²) in [5.74, 6) is 1.54. The molecule has 3 N–H and O–H groups in total. The molecule has 1 fully saturated rings. The summed E-state index contributed by atoms with van der Waals surface area (Å²) in [6.45, 7) is 0. The fraction of sp³-hybridized carbons (Fsp3) is 0.143. The van der Waals surface area contributed by atoms with Gasteiger partial charge in [-0.05, 0) is 42.5 Å². The monoisotopic (exact) mass is 371 g/mol. The summed E-state index contributed by atoms with van der Waals surface area (Å²) < 4.78 is 0. The summed E-state index contributed by atoms with van der Waals surface area (Å²) in [5, 5.41) is 10.8. The molecule has 0 spiro atoms. The highest BCUT2D eigenvalue weighted by Gasteiger charge is 2.27. The predicted octanol–water partition coefficient (Wildman–Crippen LogP) is 3.44. The van der Waals surface area contributed by atoms with Crippen LogP contribution in [0.2, 0.25) is 0 Å². The number of fused-ring (bicyclic) bond motifs is 1.